The second kappa shape index (κ2) is 10.1. The standard InChI is InChI=1S/C39H54O4/c1-24(2)26-16-21-39(34(42)43)23-22-37(6)29(33(26)39)13-14-31-36(5)19-17-28(35(3,4)30(36)18-20-38(31,37)7)27-11-9-8-10-25(27)12-15-32(40)41/h8-11,17,26,29-31,33H,1,12-16,18-23H2,2-7H3,(H,40,41)(H,42,43). The fraction of sp³-hybridized carbons (Fsp3) is 0.692. The molecule has 1 aromatic rings. The molecule has 0 aromatic heterocycles. The van der Waals surface area contributed by atoms with Gasteiger partial charge in [0.25, 0.3) is 0 Å². The van der Waals surface area contributed by atoms with Gasteiger partial charge in [-0.1, -0.05) is 77.1 Å². The minimum atomic E-state index is -0.745. The molecule has 4 fully saturated rings. The fourth-order valence-electron chi connectivity index (χ4n) is 12.8. The van der Waals surface area contributed by atoms with Crippen LogP contribution in [0.3, 0.4) is 0 Å². The van der Waals surface area contributed by atoms with Gasteiger partial charge in [0.1, 0.15) is 0 Å². The Bertz CT molecular complexity index is 1370. The summed E-state index contributed by atoms with van der Waals surface area (Å²) in [6, 6.07) is 8.47. The molecule has 6 rings (SSSR count). The van der Waals surface area contributed by atoms with Crippen molar-refractivity contribution >= 4 is 17.5 Å². The van der Waals surface area contributed by atoms with Crippen molar-refractivity contribution in [1.82, 2.24) is 0 Å². The molecule has 43 heavy (non-hydrogen) atoms. The number of fused-ring (bicyclic) bond motifs is 7. The summed E-state index contributed by atoms with van der Waals surface area (Å²) in [5.41, 5.74) is 4.86. The van der Waals surface area contributed by atoms with E-state index in [4.69, 9.17) is 0 Å². The summed E-state index contributed by atoms with van der Waals surface area (Å²) >= 11 is 0. The lowest BCUT2D eigenvalue weighted by Crippen LogP contribution is -2.65. The number of rotatable bonds is 6. The van der Waals surface area contributed by atoms with E-state index in [2.05, 4.69) is 72.4 Å². The number of carboxylic acids is 2. The van der Waals surface area contributed by atoms with E-state index in [0.717, 1.165) is 44.1 Å². The molecule has 9 atom stereocenters. The van der Waals surface area contributed by atoms with Crippen LogP contribution in [-0.2, 0) is 16.0 Å². The van der Waals surface area contributed by atoms with Crippen molar-refractivity contribution in [3.8, 4) is 0 Å². The molecule has 0 spiro atoms. The fourth-order valence-corrected chi connectivity index (χ4v) is 12.8. The number of hydrogen-bond acceptors (Lipinski definition) is 2. The number of hydrogen-bond donors (Lipinski definition) is 2. The van der Waals surface area contributed by atoms with Gasteiger partial charge >= 0.3 is 11.9 Å². The van der Waals surface area contributed by atoms with E-state index in [1.165, 1.54) is 36.0 Å². The van der Waals surface area contributed by atoms with Crippen LogP contribution in [-0.4, -0.2) is 22.2 Å². The first kappa shape index (κ1) is 30.7. The Balaban J connectivity index is 1.37. The maximum atomic E-state index is 13.0. The molecule has 0 heterocycles. The van der Waals surface area contributed by atoms with Gasteiger partial charge < -0.3 is 10.2 Å². The maximum absolute atomic E-state index is 13.0. The van der Waals surface area contributed by atoms with Crippen molar-refractivity contribution in [3.63, 3.8) is 0 Å². The lowest BCUT2D eigenvalue weighted by molar-refractivity contribution is -0.227. The van der Waals surface area contributed by atoms with Crippen LogP contribution in [0.25, 0.3) is 5.57 Å². The minimum absolute atomic E-state index is 0.0209. The van der Waals surface area contributed by atoms with Crippen molar-refractivity contribution in [2.45, 2.75) is 112 Å². The predicted molar refractivity (Wildman–Crippen MR) is 172 cm³/mol. The van der Waals surface area contributed by atoms with Crippen LogP contribution in [0.15, 0.2) is 42.5 Å². The highest BCUT2D eigenvalue weighted by molar-refractivity contribution is 5.76. The maximum Gasteiger partial charge on any atom is 0.309 e. The number of carboxylic acid groups (broad SMARTS) is 2. The first-order valence-electron chi connectivity index (χ1n) is 17.0. The second-order valence-corrected chi connectivity index (χ2v) is 16.7. The highest BCUT2D eigenvalue weighted by atomic mass is 16.4. The highest BCUT2D eigenvalue weighted by Gasteiger charge is 2.71. The van der Waals surface area contributed by atoms with Gasteiger partial charge in [0.05, 0.1) is 5.41 Å². The third-order valence-corrected chi connectivity index (χ3v) is 15.0. The Morgan fingerprint density at radius 3 is 2.28 bits per heavy atom. The van der Waals surface area contributed by atoms with E-state index in [1.807, 2.05) is 6.07 Å². The number of aryl methyl sites for hydroxylation is 1. The van der Waals surface area contributed by atoms with Crippen LogP contribution in [0.1, 0.15) is 117 Å². The van der Waals surface area contributed by atoms with Gasteiger partial charge in [-0.25, -0.2) is 0 Å². The molecule has 0 amide bonds. The molecule has 234 valence electrons. The van der Waals surface area contributed by atoms with Crippen molar-refractivity contribution in [1.29, 1.82) is 0 Å². The van der Waals surface area contributed by atoms with Gasteiger partial charge in [-0.3, -0.25) is 9.59 Å². The molecule has 4 nitrogen and oxygen atoms in total. The van der Waals surface area contributed by atoms with E-state index < -0.39 is 17.4 Å². The van der Waals surface area contributed by atoms with Crippen LogP contribution < -0.4 is 0 Å². The third-order valence-electron chi connectivity index (χ3n) is 15.0. The summed E-state index contributed by atoms with van der Waals surface area (Å²) in [6.07, 6.45) is 12.6. The van der Waals surface area contributed by atoms with Gasteiger partial charge in [-0.2, -0.15) is 0 Å². The number of allylic oxidation sites excluding steroid dienone is 3. The zero-order valence-electron chi connectivity index (χ0n) is 27.5. The second-order valence-electron chi connectivity index (χ2n) is 16.7. The van der Waals surface area contributed by atoms with Crippen LogP contribution in [0.4, 0.5) is 0 Å². The van der Waals surface area contributed by atoms with E-state index in [9.17, 15) is 19.8 Å². The first-order chi connectivity index (χ1) is 20.1. The molecule has 0 radical (unpaired) electrons. The largest absolute Gasteiger partial charge is 0.481 e. The summed E-state index contributed by atoms with van der Waals surface area (Å²) < 4.78 is 0. The topological polar surface area (TPSA) is 74.6 Å². The van der Waals surface area contributed by atoms with E-state index >= 15 is 0 Å². The number of aliphatic carboxylic acids is 2. The molecule has 4 heteroatoms. The van der Waals surface area contributed by atoms with Gasteiger partial charge in [-0.15, -0.1) is 0 Å². The zero-order valence-corrected chi connectivity index (χ0v) is 27.5. The first-order valence-corrected chi connectivity index (χ1v) is 17.0. The Kier molecular flexibility index (Phi) is 7.18. The van der Waals surface area contributed by atoms with Gasteiger partial charge in [0, 0.05) is 6.42 Å². The van der Waals surface area contributed by atoms with Gasteiger partial charge in [0.15, 0.2) is 0 Å². The summed E-state index contributed by atoms with van der Waals surface area (Å²) in [5, 5.41) is 20.0. The molecule has 4 saturated carbocycles. The van der Waals surface area contributed by atoms with E-state index in [-0.39, 0.29) is 34.0 Å². The molecule has 2 N–H and O–H groups in total. The Labute approximate surface area is 259 Å². The molecule has 9 unspecified atom stereocenters. The summed E-state index contributed by atoms with van der Waals surface area (Å²) in [5.74, 6) is 0.816. The molecule has 5 aliphatic carbocycles. The van der Waals surface area contributed by atoms with Crippen LogP contribution in [0.2, 0.25) is 0 Å². The Hall–Kier alpha value is -2.36. The quantitative estimate of drug-likeness (QED) is 0.326. The third kappa shape index (κ3) is 4.13. The minimum Gasteiger partial charge on any atom is -0.481 e. The Morgan fingerprint density at radius 2 is 1.60 bits per heavy atom. The van der Waals surface area contributed by atoms with Crippen molar-refractivity contribution < 1.29 is 19.8 Å². The SMILES string of the molecule is C=C(C)C1CCC2(C(=O)O)CCC3(C)C(CCC4C5(C)CC=C(c6ccccc6CCC(=O)O)C(C)(C)C5CCC43C)C12. The van der Waals surface area contributed by atoms with Crippen LogP contribution >= 0.6 is 0 Å². The number of carbonyl (C=O) groups is 2. The highest BCUT2D eigenvalue weighted by Crippen LogP contribution is 2.77. The molecule has 0 aliphatic heterocycles. The van der Waals surface area contributed by atoms with Crippen molar-refractivity contribution in [2.24, 2.45) is 56.7 Å². The average molecular weight is 587 g/mol. The summed E-state index contributed by atoms with van der Waals surface area (Å²) in [4.78, 5) is 24.4. The van der Waals surface area contributed by atoms with Crippen molar-refractivity contribution in [2.75, 3.05) is 0 Å². The molecule has 1 aromatic carbocycles. The monoisotopic (exact) mass is 586 g/mol. The summed E-state index contributed by atoms with van der Waals surface area (Å²) in [6.45, 7) is 19.2. The van der Waals surface area contributed by atoms with Crippen LogP contribution in [0, 0.1) is 56.7 Å². The lowest BCUT2D eigenvalue weighted by Gasteiger charge is -2.72. The van der Waals surface area contributed by atoms with Gasteiger partial charge in [0.2, 0.25) is 0 Å². The predicted octanol–water partition coefficient (Wildman–Crippen LogP) is 9.44. The van der Waals surface area contributed by atoms with Gasteiger partial charge in [-0.05, 0) is 139 Å². The van der Waals surface area contributed by atoms with Crippen molar-refractivity contribution in [3.05, 3.63) is 53.6 Å². The zero-order chi connectivity index (χ0) is 31.2. The molecular formula is C39H54O4. The summed E-state index contributed by atoms with van der Waals surface area (Å²) in [7, 11) is 0. The van der Waals surface area contributed by atoms with Crippen LogP contribution in [0.5, 0.6) is 0 Å². The molecule has 0 bridgehead atoms. The van der Waals surface area contributed by atoms with E-state index in [0.29, 0.717) is 30.1 Å². The number of benzene rings is 1. The van der Waals surface area contributed by atoms with E-state index in [1.54, 1.807) is 0 Å². The molecule has 0 saturated heterocycles. The smallest absolute Gasteiger partial charge is 0.309 e. The Morgan fingerprint density at radius 1 is 0.884 bits per heavy atom. The molecule has 5 aliphatic rings. The lowest BCUT2D eigenvalue weighted by atomic mass is 9.32. The normalized spacial score (nSPS) is 42.9. The molecular weight excluding hydrogens is 532 g/mol. The average Bonchev–Trinajstić information content (AvgIpc) is 3.34.